The molecule has 1 heterocycles. The molecule has 2 rings (SSSR count). The molecule has 4 N–H and O–H groups in total. The highest BCUT2D eigenvalue weighted by molar-refractivity contribution is 9.10. The smallest absolute Gasteiger partial charge is 0.339 e. The van der Waals surface area contributed by atoms with Crippen molar-refractivity contribution in [3.05, 3.63) is 46.1 Å². The van der Waals surface area contributed by atoms with E-state index in [0.29, 0.717) is 5.69 Å². The lowest BCUT2D eigenvalue weighted by Gasteiger charge is -2.11. The molecule has 0 aliphatic carbocycles. The average molecular weight is 322 g/mol. The Morgan fingerprint density at radius 2 is 2.16 bits per heavy atom. The Morgan fingerprint density at radius 3 is 2.84 bits per heavy atom. The van der Waals surface area contributed by atoms with E-state index >= 15 is 0 Å². The summed E-state index contributed by atoms with van der Waals surface area (Å²) in [4.78, 5) is 15.2. The van der Waals surface area contributed by atoms with Crippen molar-refractivity contribution >= 4 is 39.1 Å². The third-order valence-electron chi connectivity index (χ3n) is 2.51. The molecule has 0 amide bonds. The number of aryl methyl sites for hydroxylation is 1. The largest absolute Gasteiger partial charge is 0.478 e. The van der Waals surface area contributed by atoms with E-state index in [1.807, 2.05) is 25.1 Å². The van der Waals surface area contributed by atoms with E-state index in [9.17, 15) is 4.79 Å². The van der Waals surface area contributed by atoms with Gasteiger partial charge in [-0.1, -0.05) is 6.07 Å². The monoisotopic (exact) mass is 321 g/mol. The zero-order chi connectivity index (χ0) is 14.0. The molecule has 0 saturated heterocycles. The summed E-state index contributed by atoms with van der Waals surface area (Å²) in [6.07, 6.45) is 1.42. The summed E-state index contributed by atoms with van der Waals surface area (Å²) in [5, 5.41) is 12.1. The highest BCUT2D eigenvalue weighted by Gasteiger charge is 2.13. The number of nitrogens with two attached hydrogens (primary N) is 1. The minimum Gasteiger partial charge on any atom is -0.478 e. The minimum absolute atomic E-state index is 0.0356. The van der Waals surface area contributed by atoms with Crippen LogP contribution in [0.1, 0.15) is 15.9 Å². The number of nitrogen functional groups attached to an aromatic ring is 1. The van der Waals surface area contributed by atoms with Gasteiger partial charge in [-0.05, 0) is 46.6 Å². The number of halogens is 1. The number of nitrogens with one attached hydrogen (secondary N) is 1. The van der Waals surface area contributed by atoms with E-state index < -0.39 is 5.97 Å². The number of benzene rings is 1. The van der Waals surface area contributed by atoms with Crippen molar-refractivity contribution in [1.29, 1.82) is 0 Å². The van der Waals surface area contributed by atoms with E-state index in [1.54, 1.807) is 0 Å². The Hall–Kier alpha value is -2.08. The molecule has 0 aliphatic rings. The fraction of sp³-hybridized carbons (Fsp3) is 0.0769. The first-order valence-corrected chi connectivity index (χ1v) is 6.28. The van der Waals surface area contributed by atoms with Crippen molar-refractivity contribution in [1.82, 2.24) is 4.98 Å². The van der Waals surface area contributed by atoms with Crippen LogP contribution >= 0.6 is 15.9 Å². The van der Waals surface area contributed by atoms with Gasteiger partial charge in [-0.15, -0.1) is 0 Å². The molecule has 0 saturated carbocycles. The number of pyridine rings is 1. The second kappa shape index (κ2) is 5.27. The molecule has 0 bridgehead atoms. The fourth-order valence-electron chi connectivity index (χ4n) is 1.61. The number of carboxylic acid groups (broad SMARTS) is 1. The minimum atomic E-state index is -1.08. The topological polar surface area (TPSA) is 88.2 Å². The fourth-order valence-corrected chi connectivity index (χ4v) is 1.95. The Morgan fingerprint density at radius 1 is 1.42 bits per heavy atom. The molecule has 0 spiro atoms. The number of aromatic carboxylic acids is 1. The molecular formula is C13H12BrN3O2. The van der Waals surface area contributed by atoms with Gasteiger partial charge in [-0.2, -0.15) is 0 Å². The summed E-state index contributed by atoms with van der Waals surface area (Å²) in [6.45, 7) is 1.95. The van der Waals surface area contributed by atoms with E-state index in [4.69, 9.17) is 10.8 Å². The lowest BCUT2D eigenvalue weighted by atomic mass is 10.2. The number of hydrogen-bond acceptors (Lipinski definition) is 4. The zero-order valence-electron chi connectivity index (χ0n) is 10.1. The predicted octanol–water partition coefficient (Wildman–Crippen LogP) is 3.18. The SMILES string of the molecule is Cc1ccc(Br)c(Nc2ncc(N)cc2C(=O)O)c1. The van der Waals surface area contributed by atoms with Crippen molar-refractivity contribution < 1.29 is 9.90 Å². The van der Waals surface area contributed by atoms with Crippen LogP contribution in [0, 0.1) is 6.92 Å². The molecule has 98 valence electrons. The normalized spacial score (nSPS) is 10.2. The van der Waals surface area contributed by atoms with Gasteiger partial charge in [-0.3, -0.25) is 0 Å². The molecule has 1 aromatic carbocycles. The molecular weight excluding hydrogens is 310 g/mol. The second-order valence-electron chi connectivity index (χ2n) is 4.08. The van der Waals surface area contributed by atoms with Crippen LogP contribution in [0.5, 0.6) is 0 Å². The Bertz CT molecular complexity index is 644. The summed E-state index contributed by atoms with van der Waals surface area (Å²) in [6, 6.07) is 7.11. The third kappa shape index (κ3) is 3.03. The van der Waals surface area contributed by atoms with Gasteiger partial charge in [0.1, 0.15) is 11.4 Å². The summed E-state index contributed by atoms with van der Waals surface area (Å²) in [5.41, 5.74) is 7.70. The lowest BCUT2D eigenvalue weighted by Crippen LogP contribution is -2.06. The van der Waals surface area contributed by atoms with Crippen LogP contribution in [-0.2, 0) is 0 Å². The van der Waals surface area contributed by atoms with E-state index in [1.165, 1.54) is 12.3 Å². The third-order valence-corrected chi connectivity index (χ3v) is 3.21. The first-order valence-electron chi connectivity index (χ1n) is 5.49. The molecule has 5 nitrogen and oxygen atoms in total. The maximum absolute atomic E-state index is 11.2. The van der Waals surface area contributed by atoms with Gasteiger partial charge in [0.15, 0.2) is 0 Å². The van der Waals surface area contributed by atoms with Crippen molar-refractivity contribution in [2.45, 2.75) is 6.92 Å². The van der Waals surface area contributed by atoms with Crippen molar-refractivity contribution in [3.8, 4) is 0 Å². The van der Waals surface area contributed by atoms with Crippen LogP contribution in [-0.4, -0.2) is 16.1 Å². The van der Waals surface area contributed by atoms with Crippen LogP contribution in [0.3, 0.4) is 0 Å². The average Bonchev–Trinajstić information content (AvgIpc) is 2.35. The van der Waals surface area contributed by atoms with Crippen LogP contribution in [0.25, 0.3) is 0 Å². The van der Waals surface area contributed by atoms with Gasteiger partial charge in [0.05, 0.1) is 17.6 Å². The van der Waals surface area contributed by atoms with Crippen LogP contribution in [0.2, 0.25) is 0 Å². The second-order valence-corrected chi connectivity index (χ2v) is 4.93. The summed E-state index contributed by atoms with van der Waals surface area (Å²) in [5.74, 6) is -0.820. The number of carbonyl (C=O) groups is 1. The molecule has 0 aliphatic heterocycles. The number of anilines is 3. The molecule has 19 heavy (non-hydrogen) atoms. The van der Waals surface area contributed by atoms with Gasteiger partial charge in [0, 0.05) is 4.47 Å². The van der Waals surface area contributed by atoms with Crippen LogP contribution < -0.4 is 11.1 Å². The molecule has 0 unspecified atom stereocenters. The first kappa shape index (κ1) is 13.4. The van der Waals surface area contributed by atoms with Crippen molar-refractivity contribution in [3.63, 3.8) is 0 Å². The van der Waals surface area contributed by atoms with E-state index in [0.717, 1.165) is 15.7 Å². The molecule has 0 fully saturated rings. The number of nitrogens with zero attached hydrogens (tertiary/aromatic N) is 1. The number of aromatic nitrogens is 1. The van der Waals surface area contributed by atoms with Gasteiger partial charge in [0.25, 0.3) is 0 Å². The molecule has 6 heteroatoms. The number of carboxylic acids is 1. The Balaban J connectivity index is 2.43. The molecule has 2 aromatic rings. The summed E-state index contributed by atoms with van der Waals surface area (Å²) >= 11 is 3.40. The van der Waals surface area contributed by atoms with E-state index in [2.05, 4.69) is 26.2 Å². The predicted molar refractivity (Wildman–Crippen MR) is 77.8 cm³/mol. The Kier molecular flexibility index (Phi) is 3.71. The van der Waals surface area contributed by atoms with Crippen LogP contribution in [0.15, 0.2) is 34.9 Å². The molecule has 0 atom stereocenters. The zero-order valence-corrected chi connectivity index (χ0v) is 11.7. The summed E-state index contributed by atoms with van der Waals surface area (Å²) < 4.78 is 0.827. The quantitative estimate of drug-likeness (QED) is 0.808. The standard InChI is InChI=1S/C13H12BrN3O2/c1-7-2-3-10(14)11(4-7)17-12-9(13(18)19)5-8(15)6-16-12/h2-6H,15H2,1H3,(H,16,17)(H,18,19). The Labute approximate surface area is 118 Å². The number of rotatable bonds is 3. The van der Waals surface area contributed by atoms with Gasteiger partial charge in [0.2, 0.25) is 0 Å². The maximum Gasteiger partial charge on any atom is 0.339 e. The van der Waals surface area contributed by atoms with E-state index in [-0.39, 0.29) is 11.4 Å². The number of hydrogen-bond donors (Lipinski definition) is 3. The van der Waals surface area contributed by atoms with Gasteiger partial charge >= 0.3 is 5.97 Å². The van der Waals surface area contributed by atoms with Crippen LogP contribution in [0.4, 0.5) is 17.2 Å². The summed E-state index contributed by atoms with van der Waals surface area (Å²) in [7, 11) is 0. The van der Waals surface area contributed by atoms with Gasteiger partial charge in [-0.25, -0.2) is 9.78 Å². The maximum atomic E-state index is 11.2. The highest BCUT2D eigenvalue weighted by atomic mass is 79.9. The highest BCUT2D eigenvalue weighted by Crippen LogP contribution is 2.28. The first-order chi connectivity index (χ1) is 8.97. The van der Waals surface area contributed by atoms with Gasteiger partial charge < -0.3 is 16.2 Å². The molecule has 1 aromatic heterocycles. The van der Waals surface area contributed by atoms with Crippen molar-refractivity contribution in [2.24, 2.45) is 0 Å². The lowest BCUT2D eigenvalue weighted by molar-refractivity contribution is 0.0697. The van der Waals surface area contributed by atoms with Crippen molar-refractivity contribution in [2.75, 3.05) is 11.1 Å². The molecule has 0 radical (unpaired) electrons.